The number of rotatable bonds is 7. The lowest BCUT2D eigenvalue weighted by atomic mass is 9.83. The molecule has 0 aromatic heterocycles. The highest BCUT2D eigenvalue weighted by Crippen LogP contribution is 2.49. The summed E-state index contributed by atoms with van der Waals surface area (Å²) in [6, 6.07) is 19.2. The molecule has 2 atom stereocenters. The van der Waals surface area contributed by atoms with Crippen LogP contribution in [0.5, 0.6) is 34.5 Å². The molecule has 38 heavy (non-hydrogen) atoms. The van der Waals surface area contributed by atoms with Crippen LogP contribution in [0.15, 0.2) is 78.9 Å². The van der Waals surface area contributed by atoms with Crippen LogP contribution in [0.2, 0.25) is 0 Å². The minimum atomic E-state index is -0.846. The highest BCUT2D eigenvalue weighted by atomic mass is 16.5. The van der Waals surface area contributed by atoms with Crippen molar-refractivity contribution in [2.45, 2.75) is 24.9 Å². The molecule has 0 saturated heterocycles. The fourth-order valence-corrected chi connectivity index (χ4v) is 4.72. The largest absolute Gasteiger partial charge is 0.508 e. The number of phenols is 5. The molecule has 8 heteroatoms. The molecule has 5 N–H and O–H groups in total. The van der Waals surface area contributed by atoms with Crippen molar-refractivity contribution in [2.75, 3.05) is 0 Å². The van der Waals surface area contributed by atoms with Gasteiger partial charge in [0, 0.05) is 24.1 Å². The van der Waals surface area contributed by atoms with E-state index in [4.69, 9.17) is 4.74 Å². The first kappa shape index (κ1) is 24.7. The van der Waals surface area contributed by atoms with Crippen molar-refractivity contribution in [1.29, 1.82) is 0 Å². The molecule has 1 heterocycles. The van der Waals surface area contributed by atoms with Gasteiger partial charge < -0.3 is 30.3 Å². The Kier molecular flexibility index (Phi) is 6.38. The van der Waals surface area contributed by atoms with Crippen molar-refractivity contribution in [3.05, 3.63) is 107 Å². The smallest absolute Gasteiger partial charge is 0.178 e. The molecule has 0 aliphatic carbocycles. The van der Waals surface area contributed by atoms with Gasteiger partial charge in [-0.15, -0.1) is 0 Å². The van der Waals surface area contributed by atoms with Crippen LogP contribution in [0.3, 0.4) is 0 Å². The summed E-state index contributed by atoms with van der Waals surface area (Å²) >= 11 is 0. The van der Waals surface area contributed by atoms with E-state index in [-0.39, 0.29) is 52.1 Å². The number of carbonyl (C=O) groups is 2. The van der Waals surface area contributed by atoms with Crippen LogP contribution in [0.1, 0.15) is 55.8 Å². The minimum Gasteiger partial charge on any atom is -0.508 e. The Hall–Kier alpha value is -4.98. The summed E-state index contributed by atoms with van der Waals surface area (Å²) in [6.45, 7) is 0. The fourth-order valence-electron chi connectivity index (χ4n) is 4.72. The van der Waals surface area contributed by atoms with Crippen LogP contribution < -0.4 is 4.74 Å². The zero-order valence-electron chi connectivity index (χ0n) is 20.0. The van der Waals surface area contributed by atoms with E-state index in [2.05, 4.69) is 0 Å². The Labute approximate surface area is 217 Å². The Morgan fingerprint density at radius 1 is 0.684 bits per heavy atom. The molecule has 1 aliphatic rings. The number of carbonyl (C=O) groups excluding carboxylic acids is 2. The molecule has 0 saturated carbocycles. The number of hydrogen-bond donors (Lipinski definition) is 5. The molecule has 0 spiro atoms. The lowest BCUT2D eigenvalue weighted by Gasteiger charge is -2.19. The number of benzene rings is 4. The van der Waals surface area contributed by atoms with E-state index in [1.54, 1.807) is 30.3 Å². The van der Waals surface area contributed by atoms with E-state index in [1.807, 2.05) is 0 Å². The molecule has 0 fully saturated rings. The van der Waals surface area contributed by atoms with Gasteiger partial charge in [-0.25, -0.2) is 0 Å². The average molecular weight is 513 g/mol. The van der Waals surface area contributed by atoms with E-state index in [9.17, 15) is 35.1 Å². The van der Waals surface area contributed by atoms with Crippen LogP contribution in [0, 0.1) is 0 Å². The van der Waals surface area contributed by atoms with E-state index >= 15 is 0 Å². The summed E-state index contributed by atoms with van der Waals surface area (Å²) in [5.41, 5.74) is 2.12. The Morgan fingerprint density at radius 2 is 1.29 bits per heavy atom. The summed E-state index contributed by atoms with van der Waals surface area (Å²) in [7, 11) is 0. The Morgan fingerprint density at radius 3 is 1.92 bits per heavy atom. The molecule has 8 nitrogen and oxygen atoms in total. The number of ether oxygens (including phenoxy) is 1. The lowest BCUT2D eigenvalue weighted by Crippen LogP contribution is -2.19. The van der Waals surface area contributed by atoms with Crippen molar-refractivity contribution in [3.63, 3.8) is 0 Å². The van der Waals surface area contributed by atoms with E-state index in [0.29, 0.717) is 23.3 Å². The maximum absolute atomic E-state index is 13.7. The molecule has 2 unspecified atom stereocenters. The maximum Gasteiger partial charge on any atom is 0.178 e. The van der Waals surface area contributed by atoms with Gasteiger partial charge in [-0.1, -0.05) is 24.3 Å². The molecule has 4 aromatic rings. The van der Waals surface area contributed by atoms with Crippen molar-refractivity contribution in [1.82, 2.24) is 0 Å². The first-order valence-corrected chi connectivity index (χ1v) is 11.9. The van der Waals surface area contributed by atoms with Crippen molar-refractivity contribution in [3.8, 4) is 34.5 Å². The molecule has 0 amide bonds. The Balaban J connectivity index is 1.47. The second-order valence-corrected chi connectivity index (χ2v) is 9.17. The van der Waals surface area contributed by atoms with Crippen LogP contribution in [-0.4, -0.2) is 37.1 Å². The topological polar surface area (TPSA) is 145 Å². The number of phenolic OH excluding ortho intramolecular Hbond substituents is 5. The van der Waals surface area contributed by atoms with Crippen LogP contribution in [-0.2, 0) is 6.42 Å². The van der Waals surface area contributed by atoms with Gasteiger partial charge in [0.05, 0.1) is 17.0 Å². The van der Waals surface area contributed by atoms with Crippen LogP contribution >= 0.6 is 0 Å². The standard InChI is InChI=1S/C30H24O8/c31-18-5-3-17(4-6-18)30-28(29(37)22-10-8-20(33)15-26(22)36)23-13-16(2-12-27(23)38-30)1-11-24(34)21-9-7-19(32)14-25(21)35/h2-10,12-15,28,30-33,35-36H,1,11H2. The molecule has 1 aliphatic heterocycles. The van der Waals surface area contributed by atoms with Gasteiger partial charge in [0.25, 0.3) is 0 Å². The van der Waals surface area contributed by atoms with Gasteiger partial charge in [-0.05, 0) is 60.0 Å². The predicted molar refractivity (Wildman–Crippen MR) is 137 cm³/mol. The third-order valence-electron chi connectivity index (χ3n) is 6.64. The predicted octanol–water partition coefficient (Wildman–Crippen LogP) is 5.13. The molecular formula is C30H24O8. The SMILES string of the molecule is O=C(CCc1ccc2c(c1)C(C(=O)c1ccc(O)cc1O)C(c1ccc(O)cc1)O2)c1ccc(O)cc1O. The number of hydrogen-bond acceptors (Lipinski definition) is 8. The van der Waals surface area contributed by atoms with Crippen LogP contribution in [0.25, 0.3) is 0 Å². The van der Waals surface area contributed by atoms with Crippen LogP contribution in [0.4, 0.5) is 0 Å². The zero-order chi connectivity index (χ0) is 27.0. The lowest BCUT2D eigenvalue weighted by molar-refractivity contribution is 0.0892. The molecule has 5 rings (SSSR count). The van der Waals surface area contributed by atoms with E-state index in [1.165, 1.54) is 36.4 Å². The average Bonchev–Trinajstić information content (AvgIpc) is 3.26. The van der Waals surface area contributed by atoms with Crippen molar-refractivity contribution in [2.24, 2.45) is 0 Å². The third-order valence-corrected chi connectivity index (χ3v) is 6.64. The highest BCUT2D eigenvalue weighted by molar-refractivity contribution is 6.04. The quantitative estimate of drug-likeness (QED) is 0.214. The molecule has 0 bridgehead atoms. The maximum atomic E-state index is 13.7. The highest BCUT2D eigenvalue weighted by Gasteiger charge is 2.41. The van der Waals surface area contributed by atoms with Gasteiger partial charge in [-0.2, -0.15) is 0 Å². The summed E-state index contributed by atoms with van der Waals surface area (Å²) in [5, 5.41) is 49.2. The first-order chi connectivity index (χ1) is 18.2. The molecular weight excluding hydrogens is 488 g/mol. The van der Waals surface area contributed by atoms with Crippen molar-refractivity contribution >= 4 is 11.6 Å². The number of aryl methyl sites for hydroxylation is 1. The summed E-state index contributed by atoms with van der Waals surface area (Å²) in [5.74, 6) is -2.00. The number of aromatic hydroxyl groups is 5. The van der Waals surface area contributed by atoms with Crippen molar-refractivity contribution < 1.29 is 39.9 Å². The first-order valence-electron chi connectivity index (χ1n) is 11.9. The Bertz CT molecular complexity index is 1540. The summed E-state index contributed by atoms with van der Waals surface area (Å²) in [6.07, 6.45) is -0.338. The van der Waals surface area contributed by atoms with Gasteiger partial charge in [0.2, 0.25) is 0 Å². The second kappa shape index (κ2) is 9.82. The zero-order valence-corrected chi connectivity index (χ0v) is 20.0. The van der Waals surface area contributed by atoms with Gasteiger partial charge >= 0.3 is 0 Å². The molecule has 4 aromatic carbocycles. The monoisotopic (exact) mass is 512 g/mol. The van der Waals surface area contributed by atoms with E-state index < -0.39 is 17.8 Å². The van der Waals surface area contributed by atoms with Gasteiger partial charge in [-0.3, -0.25) is 9.59 Å². The van der Waals surface area contributed by atoms with Gasteiger partial charge in [0.15, 0.2) is 11.6 Å². The third kappa shape index (κ3) is 4.71. The molecule has 0 radical (unpaired) electrons. The normalized spacial score (nSPS) is 16.0. The van der Waals surface area contributed by atoms with Gasteiger partial charge in [0.1, 0.15) is 40.6 Å². The number of fused-ring (bicyclic) bond motifs is 1. The molecule has 192 valence electrons. The number of ketones is 2. The summed E-state index contributed by atoms with van der Waals surface area (Å²) < 4.78 is 6.17. The van der Waals surface area contributed by atoms with E-state index in [0.717, 1.165) is 17.7 Å². The fraction of sp³-hybridized carbons (Fsp3) is 0.133. The number of Topliss-reactive ketones (excluding diaryl/α,β-unsaturated/α-hetero) is 2. The minimum absolute atomic E-state index is 0.0245. The summed E-state index contributed by atoms with van der Waals surface area (Å²) in [4.78, 5) is 26.4. The second-order valence-electron chi connectivity index (χ2n) is 9.17.